The molecule has 1 fully saturated rings. The van der Waals surface area contributed by atoms with Crippen LogP contribution in [0.5, 0.6) is 0 Å². The zero-order chi connectivity index (χ0) is 21.2. The number of pyridine rings is 2. The molecule has 5 rings (SSSR count). The van der Waals surface area contributed by atoms with E-state index < -0.39 is 0 Å². The number of nitrogens with zero attached hydrogens (tertiary/aromatic N) is 5. The fourth-order valence-electron chi connectivity index (χ4n) is 3.77. The first-order valence-corrected chi connectivity index (χ1v) is 11.0. The fraction of sp³-hybridized carbons (Fsp3) is 0.217. The van der Waals surface area contributed by atoms with Crippen LogP contribution in [0.2, 0.25) is 0 Å². The number of hydrogen-bond donors (Lipinski definition) is 0. The molecule has 0 spiro atoms. The van der Waals surface area contributed by atoms with Crippen molar-refractivity contribution in [2.24, 2.45) is 0 Å². The molecule has 156 valence electrons. The van der Waals surface area contributed by atoms with Crippen LogP contribution in [0.15, 0.2) is 71.8 Å². The average Bonchev–Trinajstić information content (AvgIpc) is 3.25. The molecular weight excluding hydrogens is 410 g/mol. The van der Waals surface area contributed by atoms with Crippen LogP contribution in [-0.4, -0.2) is 51.5 Å². The lowest BCUT2D eigenvalue weighted by molar-refractivity contribution is 0.0744. The summed E-state index contributed by atoms with van der Waals surface area (Å²) in [5.41, 5.74) is 1.88. The maximum atomic E-state index is 13.1. The van der Waals surface area contributed by atoms with Gasteiger partial charge in [0, 0.05) is 38.6 Å². The molecule has 1 saturated heterocycles. The zero-order valence-electron chi connectivity index (χ0n) is 16.8. The van der Waals surface area contributed by atoms with E-state index in [1.807, 2.05) is 42.5 Å². The lowest BCUT2D eigenvalue weighted by Gasteiger charge is -2.34. The predicted molar refractivity (Wildman–Crippen MR) is 122 cm³/mol. The van der Waals surface area contributed by atoms with Gasteiger partial charge in [0.05, 0.1) is 6.54 Å². The highest BCUT2D eigenvalue weighted by Gasteiger charge is 2.25. The van der Waals surface area contributed by atoms with Crippen molar-refractivity contribution >= 4 is 32.7 Å². The zero-order valence-corrected chi connectivity index (χ0v) is 17.7. The Morgan fingerprint density at radius 1 is 0.968 bits per heavy atom. The van der Waals surface area contributed by atoms with Crippen molar-refractivity contribution in [2.45, 2.75) is 6.54 Å². The molecule has 0 atom stereocenters. The van der Waals surface area contributed by atoms with Crippen LogP contribution in [0.4, 0.5) is 5.13 Å². The fourth-order valence-corrected chi connectivity index (χ4v) is 4.73. The number of aromatic nitrogens is 3. The Bertz CT molecular complexity index is 1240. The van der Waals surface area contributed by atoms with Crippen LogP contribution in [0.3, 0.4) is 0 Å². The van der Waals surface area contributed by atoms with Gasteiger partial charge in [-0.25, -0.2) is 9.97 Å². The molecule has 1 aromatic carbocycles. The summed E-state index contributed by atoms with van der Waals surface area (Å²) < 4.78 is 1.59. The number of fused-ring (bicyclic) bond motifs is 1. The van der Waals surface area contributed by atoms with Gasteiger partial charge >= 0.3 is 0 Å². The summed E-state index contributed by atoms with van der Waals surface area (Å²) in [6.45, 7) is 2.90. The van der Waals surface area contributed by atoms with Crippen molar-refractivity contribution in [3.63, 3.8) is 0 Å². The minimum atomic E-state index is -0.254. The highest BCUT2D eigenvalue weighted by atomic mass is 32.1. The van der Waals surface area contributed by atoms with Gasteiger partial charge in [0.15, 0.2) is 5.13 Å². The van der Waals surface area contributed by atoms with Gasteiger partial charge < -0.3 is 14.4 Å². The van der Waals surface area contributed by atoms with Crippen LogP contribution in [0.1, 0.15) is 15.9 Å². The van der Waals surface area contributed by atoms with E-state index in [-0.39, 0.29) is 17.0 Å². The minimum Gasteiger partial charge on any atom is -0.344 e. The SMILES string of the molecule is O=C(c1cccn(Cc2ccccc2)c1=O)N1CCN(c2nc3cccnc3s2)CC1. The summed E-state index contributed by atoms with van der Waals surface area (Å²) in [5, 5.41) is 0.922. The number of carbonyl (C=O) groups is 1. The van der Waals surface area contributed by atoms with E-state index >= 15 is 0 Å². The lowest BCUT2D eigenvalue weighted by Crippen LogP contribution is -2.49. The van der Waals surface area contributed by atoms with Gasteiger partial charge in [0.2, 0.25) is 0 Å². The molecule has 3 aromatic heterocycles. The molecule has 0 unspecified atom stereocenters. The third-order valence-corrected chi connectivity index (χ3v) is 6.48. The second-order valence-electron chi connectivity index (χ2n) is 7.44. The second kappa shape index (κ2) is 8.31. The third kappa shape index (κ3) is 3.94. The van der Waals surface area contributed by atoms with Gasteiger partial charge in [0.25, 0.3) is 11.5 Å². The van der Waals surface area contributed by atoms with Crippen LogP contribution < -0.4 is 10.5 Å². The van der Waals surface area contributed by atoms with Crippen molar-refractivity contribution in [3.05, 3.63) is 88.5 Å². The summed E-state index contributed by atoms with van der Waals surface area (Å²) in [6.07, 6.45) is 3.50. The molecule has 1 aliphatic rings. The smallest absolute Gasteiger partial charge is 0.263 e. The maximum Gasteiger partial charge on any atom is 0.263 e. The summed E-state index contributed by atoms with van der Waals surface area (Å²) in [5.74, 6) is -0.210. The largest absolute Gasteiger partial charge is 0.344 e. The maximum absolute atomic E-state index is 13.1. The van der Waals surface area contributed by atoms with E-state index in [0.717, 1.165) is 21.0 Å². The normalized spacial score (nSPS) is 14.2. The number of amides is 1. The Balaban J connectivity index is 1.29. The molecule has 4 heterocycles. The third-order valence-electron chi connectivity index (χ3n) is 5.44. The Labute approximate surface area is 183 Å². The molecule has 0 aliphatic carbocycles. The molecule has 4 aromatic rings. The number of hydrogen-bond acceptors (Lipinski definition) is 6. The van der Waals surface area contributed by atoms with E-state index in [1.165, 1.54) is 0 Å². The molecular formula is C23H21N5O2S. The number of rotatable bonds is 4. The molecule has 1 amide bonds. The molecule has 8 heteroatoms. The molecule has 1 aliphatic heterocycles. The van der Waals surface area contributed by atoms with E-state index in [9.17, 15) is 9.59 Å². The van der Waals surface area contributed by atoms with Gasteiger partial charge in [-0.3, -0.25) is 9.59 Å². The van der Waals surface area contributed by atoms with Gasteiger partial charge in [-0.05, 0) is 29.8 Å². The van der Waals surface area contributed by atoms with Crippen molar-refractivity contribution < 1.29 is 4.79 Å². The lowest BCUT2D eigenvalue weighted by atomic mass is 10.2. The van der Waals surface area contributed by atoms with E-state index in [2.05, 4.69) is 14.9 Å². The number of piperazine rings is 1. The Hall–Kier alpha value is -3.52. The highest BCUT2D eigenvalue weighted by Crippen LogP contribution is 2.27. The molecule has 0 bridgehead atoms. The van der Waals surface area contributed by atoms with Crippen molar-refractivity contribution in [2.75, 3.05) is 31.1 Å². The van der Waals surface area contributed by atoms with Crippen LogP contribution in [0.25, 0.3) is 10.3 Å². The van der Waals surface area contributed by atoms with Crippen molar-refractivity contribution in [1.82, 2.24) is 19.4 Å². The Morgan fingerprint density at radius 3 is 2.55 bits per heavy atom. The van der Waals surface area contributed by atoms with Gasteiger partial charge in [-0.2, -0.15) is 0 Å². The Morgan fingerprint density at radius 2 is 1.77 bits per heavy atom. The van der Waals surface area contributed by atoms with Crippen LogP contribution in [0, 0.1) is 0 Å². The highest BCUT2D eigenvalue weighted by molar-refractivity contribution is 7.21. The van der Waals surface area contributed by atoms with Crippen molar-refractivity contribution in [3.8, 4) is 0 Å². The number of benzene rings is 1. The Kier molecular flexibility index (Phi) is 5.21. The number of anilines is 1. The first-order chi connectivity index (χ1) is 15.2. The quantitative estimate of drug-likeness (QED) is 0.497. The number of carbonyl (C=O) groups excluding carboxylic acids is 1. The monoisotopic (exact) mass is 431 g/mol. The van der Waals surface area contributed by atoms with Gasteiger partial charge in [-0.1, -0.05) is 41.7 Å². The van der Waals surface area contributed by atoms with Crippen molar-refractivity contribution in [1.29, 1.82) is 0 Å². The predicted octanol–water partition coefficient (Wildman–Crippen LogP) is 2.86. The first kappa shape index (κ1) is 19.4. The number of thiazole rings is 1. The van der Waals surface area contributed by atoms with Crippen LogP contribution in [-0.2, 0) is 6.54 Å². The molecule has 31 heavy (non-hydrogen) atoms. The second-order valence-corrected chi connectivity index (χ2v) is 8.40. The average molecular weight is 432 g/mol. The molecule has 0 N–H and O–H groups in total. The van der Waals surface area contributed by atoms with E-state index in [4.69, 9.17) is 0 Å². The summed E-state index contributed by atoms with van der Waals surface area (Å²) in [7, 11) is 0. The molecule has 0 saturated carbocycles. The van der Waals surface area contributed by atoms with E-state index in [1.54, 1.807) is 45.3 Å². The van der Waals surface area contributed by atoms with E-state index in [0.29, 0.717) is 32.7 Å². The standard InChI is InChI=1S/C23H21N5O2S/c29-21(18-8-5-11-28(22(18)30)16-17-6-2-1-3-7-17)26-12-14-27(15-13-26)23-25-19-9-4-10-24-20(19)31-23/h1-11H,12-16H2. The first-order valence-electron chi connectivity index (χ1n) is 10.2. The van der Waals surface area contributed by atoms with Crippen LogP contribution >= 0.6 is 11.3 Å². The summed E-state index contributed by atoms with van der Waals surface area (Å²) >= 11 is 1.56. The van der Waals surface area contributed by atoms with Gasteiger partial charge in [-0.15, -0.1) is 0 Å². The molecule has 7 nitrogen and oxygen atoms in total. The van der Waals surface area contributed by atoms with Gasteiger partial charge in [0.1, 0.15) is 15.9 Å². The molecule has 0 radical (unpaired) electrons. The minimum absolute atomic E-state index is 0.210. The summed E-state index contributed by atoms with van der Waals surface area (Å²) in [4.78, 5) is 39.9. The summed E-state index contributed by atoms with van der Waals surface area (Å²) in [6, 6.07) is 17.0. The topological polar surface area (TPSA) is 71.3 Å².